The van der Waals surface area contributed by atoms with Crippen molar-refractivity contribution < 1.29 is 4.79 Å². The zero-order chi connectivity index (χ0) is 16.7. The summed E-state index contributed by atoms with van der Waals surface area (Å²) in [7, 11) is 4.00. The summed E-state index contributed by atoms with van der Waals surface area (Å²) in [5, 5.41) is 2.92. The summed E-state index contributed by atoms with van der Waals surface area (Å²) in [6.45, 7) is 2.03. The largest absolute Gasteiger partial charge is 0.322 e. The van der Waals surface area contributed by atoms with E-state index in [1.54, 1.807) is 24.5 Å². The van der Waals surface area contributed by atoms with Gasteiger partial charge in [-0.15, -0.1) is 0 Å². The Balaban J connectivity index is 2.06. The highest BCUT2D eigenvalue weighted by molar-refractivity contribution is 9.10. The standard InChI is InChI=1S/C17H21BrN4O/c1-21(2)11-12-22(13-14-3-5-15(18)6-4-14)17(23)20-16-7-9-19-10-8-16/h3-10H,11-13H2,1-2H3,(H,19,20,23). The van der Waals surface area contributed by atoms with E-state index in [4.69, 9.17) is 0 Å². The van der Waals surface area contributed by atoms with E-state index in [1.807, 2.05) is 43.3 Å². The summed E-state index contributed by atoms with van der Waals surface area (Å²) in [6.07, 6.45) is 3.32. The highest BCUT2D eigenvalue weighted by Gasteiger charge is 2.14. The molecule has 0 saturated carbocycles. The third-order valence-electron chi connectivity index (χ3n) is 3.32. The predicted molar refractivity (Wildman–Crippen MR) is 96.4 cm³/mol. The number of pyridine rings is 1. The van der Waals surface area contributed by atoms with Gasteiger partial charge in [-0.3, -0.25) is 4.98 Å². The summed E-state index contributed by atoms with van der Waals surface area (Å²) in [5.41, 5.74) is 1.84. The number of nitrogens with zero attached hydrogens (tertiary/aromatic N) is 3. The number of rotatable bonds is 6. The van der Waals surface area contributed by atoms with Crippen molar-refractivity contribution in [1.82, 2.24) is 14.8 Å². The Bertz CT molecular complexity index is 616. The Morgan fingerprint density at radius 2 is 1.74 bits per heavy atom. The van der Waals surface area contributed by atoms with Crippen LogP contribution in [0.4, 0.5) is 10.5 Å². The minimum absolute atomic E-state index is 0.110. The van der Waals surface area contributed by atoms with Crippen molar-refractivity contribution in [1.29, 1.82) is 0 Å². The average molecular weight is 377 g/mol. The van der Waals surface area contributed by atoms with Gasteiger partial charge in [0.1, 0.15) is 0 Å². The Hall–Kier alpha value is -1.92. The molecule has 0 radical (unpaired) electrons. The third kappa shape index (κ3) is 6.00. The molecule has 1 aromatic carbocycles. The number of anilines is 1. The van der Waals surface area contributed by atoms with Crippen molar-refractivity contribution in [2.24, 2.45) is 0 Å². The van der Waals surface area contributed by atoms with E-state index in [-0.39, 0.29) is 6.03 Å². The molecule has 0 atom stereocenters. The van der Waals surface area contributed by atoms with Crippen molar-refractivity contribution in [2.75, 3.05) is 32.5 Å². The number of aromatic nitrogens is 1. The maximum Gasteiger partial charge on any atom is 0.322 e. The molecule has 0 fully saturated rings. The second-order valence-corrected chi connectivity index (χ2v) is 6.43. The number of benzene rings is 1. The van der Waals surface area contributed by atoms with Crippen molar-refractivity contribution in [2.45, 2.75) is 6.54 Å². The minimum atomic E-state index is -0.110. The predicted octanol–water partition coefficient (Wildman–Crippen LogP) is 3.44. The van der Waals surface area contributed by atoms with Crippen molar-refractivity contribution in [3.8, 4) is 0 Å². The number of likely N-dealkylation sites (N-methyl/N-ethyl adjacent to an activating group) is 1. The number of carbonyl (C=O) groups is 1. The molecule has 0 unspecified atom stereocenters. The van der Waals surface area contributed by atoms with E-state index in [2.05, 4.69) is 31.1 Å². The molecular weight excluding hydrogens is 356 g/mol. The van der Waals surface area contributed by atoms with Gasteiger partial charge in [-0.05, 0) is 43.9 Å². The molecule has 0 bridgehead atoms. The van der Waals surface area contributed by atoms with Crippen LogP contribution >= 0.6 is 15.9 Å². The summed E-state index contributed by atoms with van der Waals surface area (Å²) >= 11 is 3.43. The van der Waals surface area contributed by atoms with Gasteiger partial charge in [-0.1, -0.05) is 28.1 Å². The molecule has 0 spiro atoms. The number of hydrogen-bond acceptors (Lipinski definition) is 3. The molecule has 2 aromatic rings. The molecule has 1 aromatic heterocycles. The first-order valence-electron chi connectivity index (χ1n) is 7.40. The lowest BCUT2D eigenvalue weighted by atomic mass is 10.2. The average Bonchev–Trinajstić information content (AvgIpc) is 2.54. The molecule has 0 saturated heterocycles. The number of amides is 2. The Morgan fingerprint density at radius 1 is 1.09 bits per heavy atom. The fourth-order valence-corrected chi connectivity index (χ4v) is 2.29. The van der Waals surface area contributed by atoms with Gasteiger partial charge in [-0.25, -0.2) is 4.79 Å². The van der Waals surface area contributed by atoms with Crippen LogP contribution in [-0.2, 0) is 6.54 Å². The lowest BCUT2D eigenvalue weighted by Gasteiger charge is -2.25. The molecule has 122 valence electrons. The van der Waals surface area contributed by atoms with Crippen molar-refractivity contribution >= 4 is 27.6 Å². The topological polar surface area (TPSA) is 48.5 Å². The molecule has 6 heteroatoms. The van der Waals surface area contributed by atoms with Gasteiger partial charge >= 0.3 is 6.03 Å². The van der Waals surface area contributed by atoms with Crippen LogP contribution < -0.4 is 5.32 Å². The Labute approximate surface area is 145 Å². The number of nitrogens with one attached hydrogen (secondary N) is 1. The van der Waals surface area contributed by atoms with Crippen LogP contribution in [-0.4, -0.2) is 48.0 Å². The molecular formula is C17H21BrN4O. The van der Waals surface area contributed by atoms with E-state index in [1.165, 1.54) is 0 Å². The first-order valence-corrected chi connectivity index (χ1v) is 8.19. The maximum absolute atomic E-state index is 12.6. The van der Waals surface area contributed by atoms with Gasteiger partial charge in [0.15, 0.2) is 0 Å². The van der Waals surface area contributed by atoms with Crippen molar-refractivity contribution in [3.05, 3.63) is 58.8 Å². The summed E-state index contributed by atoms with van der Waals surface area (Å²) in [5.74, 6) is 0. The minimum Gasteiger partial charge on any atom is -0.319 e. The number of urea groups is 1. The van der Waals surface area contributed by atoms with E-state index in [9.17, 15) is 4.79 Å². The quantitative estimate of drug-likeness (QED) is 0.839. The van der Waals surface area contributed by atoms with Crippen LogP contribution in [0.5, 0.6) is 0 Å². The van der Waals surface area contributed by atoms with Crippen LogP contribution in [0.15, 0.2) is 53.3 Å². The molecule has 1 heterocycles. The fourth-order valence-electron chi connectivity index (χ4n) is 2.02. The number of halogens is 1. The normalized spacial score (nSPS) is 10.6. The van der Waals surface area contributed by atoms with Crippen LogP contribution in [0.25, 0.3) is 0 Å². The van der Waals surface area contributed by atoms with E-state index < -0.39 is 0 Å². The highest BCUT2D eigenvalue weighted by Crippen LogP contribution is 2.13. The third-order valence-corrected chi connectivity index (χ3v) is 3.85. The van der Waals surface area contributed by atoms with Gasteiger partial charge in [0.2, 0.25) is 0 Å². The molecule has 1 N–H and O–H groups in total. The van der Waals surface area contributed by atoms with E-state index in [0.717, 1.165) is 22.3 Å². The van der Waals surface area contributed by atoms with Crippen LogP contribution in [0.2, 0.25) is 0 Å². The van der Waals surface area contributed by atoms with Gasteiger partial charge in [-0.2, -0.15) is 0 Å². The van der Waals surface area contributed by atoms with Gasteiger partial charge in [0.25, 0.3) is 0 Å². The van der Waals surface area contributed by atoms with Crippen LogP contribution in [0, 0.1) is 0 Å². The zero-order valence-electron chi connectivity index (χ0n) is 13.4. The highest BCUT2D eigenvalue weighted by atomic mass is 79.9. The van der Waals surface area contributed by atoms with Gasteiger partial charge in [0.05, 0.1) is 0 Å². The summed E-state index contributed by atoms with van der Waals surface area (Å²) < 4.78 is 1.03. The molecule has 2 rings (SSSR count). The number of hydrogen-bond donors (Lipinski definition) is 1. The van der Waals surface area contributed by atoms with Crippen molar-refractivity contribution in [3.63, 3.8) is 0 Å². The van der Waals surface area contributed by atoms with Crippen LogP contribution in [0.3, 0.4) is 0 Å². The summed E-state index contributed by atoms with van der Waals surface area (Å²) in [4.78, 5) is 20.4. The van der Waals surface area contributed by atoms with E-state index in [0.29, 0.717) is 13.1 Å². The molecule has 5 nitrogen and oxygen atoms in total. The molecule has 0 aliphatic carbocycles. The second-order valence-electron chi connectivity index (χ2n) is 5.52. The Kier molecular flexibility index (Phi) is 6.55. The maximum atomic E-state index is 12.6. The fraction of sp³-hybridized carbons (Fsp3) is 0.294. The Morgan fingerprint density at radius 3 is 2.35 bits per heavy atom. The second kappa shape index (κ2) is 8.64. The lowest BCUT2D eigenvalue weighted by Crippen LogP contribution is -2.39. The first-order chi connectivity index (χ1) is 11.0. The lowest BCUT2D eigenvalue weighted by molar-refractivity contribution is 0.202. The zero-order valence-corrected chi connectivity index (χ0v) is 15.0. The molecule has 0 aliphatic heterocycles. The smallest absolute Gasteiger partial charge is 0.319 e. The molecule has 0 aliphatic rings. The van der Waals surface area contributed by atoms with Crippen LogP contribution in [0.1, 0.15) is 5.56 Å². The number of carbonyl (C=O) groups excluding carboxylic acids is 1. The monoisotopic (exact) mass is 376 g/mol. The first kappa shape index (κ1) is 17.4. The SMILES string of the molecule is CN(C)CCN(Cc1ccc(Br)cc1)C(=O)Nc1ccncc1. The summed E-state index contributed by atoms with van der Waals surface area (Å²) in [6, 6.07) is 11.5. The van der Waals surface area contributed by atoms with E-state index >= 15 is 0 Å². The van der Waals surface area contributed by atoms with Gasteiger partial charge in [0, 0.05) is 42.2 Å². The molecule has 2 amide bonds. The van der Waals surface area contributed by atoms with Gasteiger partial charge < -0.3 is 15.1 Å². The molecule has 23 heavy (non-hydrogen) atoms.